The van der Waals surface area contributed by atoms with E-state index in [-0.39, 0.29) is 0 Å². The number of sulfonamides is 1. The largest absolute Gasteiger partial charge is 0.233 e. The summed E-state index contributed by atoms with van der Waals surface area (Å²) in [6.07, 6.45) is 1.85. The maximum Gasteiger partial charge on any atom is 0.233 e. The summed E-state index contributed by atoms with van der Waals surface area (Å²) in [5.74, 6) is 0. The fourth-order valence-corrected chi connectivity index (χ4v) is 0.997. The third-order valence-corrected chi connectivity index (χ3v) is 2.10. The molecule has 0 radical (unpaired) electrons. The molecule has 0 heterocycles. The van der Waals surface area contributed by atoms with Gasteiger partial charge in [0.25, 0.3) is 0 Å². The van der Waals surface area contributed by atoms with Crippen LogP contribution >= 0.6 is 0 Å². The second-order valence-corrected chi connectivity index (χ2v) is 3.67. The van der Waals surface area contributed by atoms with Gasteiger partial charge in [-0.3, -0.25) is 0 Å². The number of unbranched alkanes of at least 4 members (excludes halogenated alkanes) is 1. The van der Waals surface area contributed by atoms with Crippen LogP contribution in [0.15, 0.2) is 12.0 Å². The molecule has 1 N–H and O–H groups in total. The Morgan fingerprint density at radius 3 is 2.60 bits per heavy atom. The molecule has 0 unspecified atom stereocenters. The lowest BCUT2D eigenvalue weighted by Crippen LogP contribution is -2.21. The van der Waals surface area contributed by atoms with Gasteiger partial charge in [0.1, 0.15) is 0 Å². The molecule has 0 amide bonds. The summed E-state index contributed by atoms with van der Waals surface area (Å²) >= 11 is 0. The van der Waals surface area contributed by atoms with Gasteiger partial charge in [0, 0.05) is 12.0 Å². The summed E-state index contributed by atoms with van der Waals surface area (Å²) in [6.45, 7) is 5.67. The average Bonchev–Trinajstić information content (AvgIpc) is 1.89. The molecule has 0 fully saturated rings. The molecule has 60 valence electrons. The highest BCUT2D eigenvalue weighted by molar-refractivity contribution is 7.92. The molecule has 0 bridgehead atoms. The molecule has 0 aromatic rings. The third kappa shape index (κ3) is 4.52. The van der Waals surface area contributed by atoms with Crippen molar-refractivity contribution in [2.45, 2.75) is 19.8 Å². The Kier molecular flexibility index (Phi) is 4.31. The Hall–Kier alpha value is -0.350. The first-order valence-corrected chi connectivity index (χ1v) is 4.79. The Morgan fingerprint density at radius 1 is 1.60 bits per heavy atom. The summed E-state index contributed by atoms with van der Waals surface area (Å²) in [5.41, 5.74) is 0. The van der Waals surface area contributed by atoms with Crippen molar-refractivity contribution in [1.29, 1.82) is 0 Å². The van der Waals surface area contributed by atoms with E-state index in [1.807, 2.05) is 6.92 Å². The fourth-order valence-electron chi connectivity index (χ4n) is 0.450. The predicted molar refractivity (Wildman–Crippen MR) is 42.0 cm³/mol. The highest BCUT2D eigenvalue weighted by atomic mass is 32.2. The Bertz CT molecular complexity index is 184. The van der Waals surface area contributed by atoms with Gasteiger partial charge in [-0.2, -0.15) is 0 Å². The minimum Gasteiger partial charge on any atom is -0.212 e. The Morgan fingerprint density at radius 2 is 2.20 bits per heavy atom. The molecule has 0 rings (SSSR count). The van der Waals surface area contributed by atoms with Crippen LogP contribution < -0.4 is 4.72 Å². The van der Waals surface area contributed by atoms with E-state index in [4.69, 9.17) is 0 Å². The monoisotopic (exact) mass is 163 g/mol. The van der Waals surface area contributed by atoms with Gasteiger partial charge in [-0.25, -0.2) is 13.1 Å². The highest BCUT2D eigenvalue weighted by Crippen LogP contribution is 1.87. The summed E-state index contributed by atoms with van der Waals surface area (Å²) in [7, 11) is -3.18. The summed E-state index contributed by atoms with van der Waals surface area (Å²) in [6, 6.07) is 0. The van der Waals surface area contributed by atoms with Crippen molar-refractivity contribution < 1.29 is 8.42 Å². The molecular formula is C6H13NO2S. The van der Waals surface area contributed by atoms with Gasteiger partial charge in [-0.1, -0.05) is 19.9 Å². The lowest BCUT2D eigenvalue weighted by molar-refractivity contribution is 0.587. The van der Waals surface area contributed by atoms with E-state index >= 15 is 0 Å². The Labute approximate surface area is 62.2 Å². The molecule has 0 spiro atoms. The van der Waals surface area contributed by atoms with Crippen LogP contribution in [0.1, 0.15) is 19.8 Å². The molecule has 0 aromatic carbocycles. The minimum atomic E-state index is -3.18. The first kappa shape index (κ1) is 9.65. The van der Waals surface area contributed by atoms with Gasteiger partial charge in [0.05, 0.1) is 0 Å². The summed E-state index contributed by atoms with van der Waals surface area (Å²) < 4.78 is 23.7. The normalized spacial score (nSPS) is 11.3. The fraction of sp³-hybridized carbons (Fsp3) is 0.667. The van der Waals surface area contributed by atoms with E-state index in [0.717, 1.165) is 18.2 Å². The molecule has 0 saturated heterocycles. The van der Waals surface area contributed by atoms with E-state index in [2.05, 4.69) is 11.3 Å². The lowest BCUT2D eigenvalue weighted by atomic mass is 10.3. The van der Waals surface area contributed by atoms with Crippen LogP contribution in [0, 0.1) is 0 Å². The summed E-state index contributed by atoms with van der Waals surface area (Å²) in [5, 5.41) is 0.919. The topological polar surface area (TPSA) is 46.2 Å². The number of hydrogen-bond acceptors (Lipinski definition) is 2. The van der Waals surface area contributed by atoms with Crippen LogP contribution in [0.4, 0.5) is 0 Å². The van der Waals surface area contributed by atoms with Gasteiger partial charge in [-0.15, -0.1) is 0 Å². The van der Waals surface area contributed by atoms with Crippen molar-refractivity contribution in [1.82, 2.24) is 4.72 Å². The second-order valence-electron chi connectivity index (χ2n) is 1.96. The highest BCUT2D eigenvalue weighted by Gasteiger charge is 1.99. The van der Waals surface area contributed by atoms with Gasteiger partial charge in [-0.05, 0) is 6.42 Å². The molecule has 3 nitrogen and oxygen atoms in total. The van der Waals surface area contributed by atoms with Crippen molar-refractivity contribution in [2.75, 3.05) is 6.54 Å². The van der Waals surface area contributed by atoms with E-state index < -0.39 is 10.0 Å². The molecular weight excluding hydrogens is 150 g/mol. The smallest absolute Gasteiger partial charge is 0.212 e. The van der Waals surface area contributed by atoms with Gasteiger partial charge in [0.15, 0.2) is 0 Å². The molecule has 0 aliphatic rings. The SMILES string of the molecule is C=CS(=O)(=O)NCCCC. The van der Waals surface area contributed by atoms with E-state index in [0.29, 0.717) is 6.54 Å². The molecule has 0 saturated carbocycles. The maximum atomic E-state index is 10.6. The molecule has 4 heteroatoms. The first-order chi connectivity index (χ1) is 4.62. The van der Waals surface area contributed by atoms with Gasteiger partial charge < -0.3 is 0 Å². The maximum absolute atomic E-state index is 10.6. The lowest BCUT2D eigenvalue weighted by Gasteiger charge is -1.98. The van der Waals surface area contributed by atoms with Gasteiger partial charge in [0.2, 0.25) is 10.0 Å². The van der Waals surface area contributed by atoms with E-state index in [1.54, 1.807) is 0 Å². The number of nitrogens with one attached hydrogen (secondary N) is 1. The van der Waals surface area contributed by atoms with Crippen LogP contribution in [-0.4, -0.2) is 15.0 Å². The molecule has 0 aliphatic heterocycles. The van der Waals surface area contributed by atoms with Crippen molar-refractivity contribution in [2.24, 2.45) is 0 Å². The van der Waals surface area contributed by atoms with Crippen molar-refractivity contribution in [3.8, 4) is 0 Å². The number of hydrogen-bond donors (Lipinski definition) is 1. The van der Waals surface area contributed by atoms with Crippen LogP contribution in [-0.2, 0) is 10.0 Å². The molecule has 0 aliphatic carbocycles. The van der Waals surface area contributed by atoms with Crippen LogP contribution in [0.25, 0.3) is 0 Å². The minimum absolute atomic E-state index is 0.505. The quantitative estimate of drug-likeness (QED) is 0.611. The van der Waals surface area contributed by atoms with Crippen molar-refractivity contribution >= 4 is 10.0 Å². The van der Waals surface area contributed by atoms with E-state index in [9.17, 15) is 8.42 Å². The molecule has 0 aromatic heterocycles. The third-order valence-electron chi connectivity index (χ3n) is 1.05. The molecule has 0 atom stereocenters. The zero-order chi connectivity index (χ0) is 8.04. The zero-order valence-corrected chi connectivity index (χ0v) is 6.95. The standard InChI is InChI=1S/C6H13NO2S/c1-3-5-6-7-10(8,9)4-2/h4,7H,2-3,5-6H2,1H3. The first-order valence-electron chi connectivity index (χ1n) is 3.24. The van der Waals surface area contributed by atoms with E-state index in [1.165, 1.54) is 0 Å². The molecule has 10 heavy (non-hydrogen) atoms. The number of rotatable bonds is 5. The average molecular weight is 163 g/mol. The summed E-state index contributed by atoms with van der Waals surface area (Å²) in [4.78, 5) is 0. The van der Waals surface area contributed by atoms with Crippen LogP contribution in [0.5, 0.6) is 0 Å². The predicted octanol–water partition coefficient (Wildman–Crippen LogP) is 0.849. The zero-order valence-electron chi connectivity index (χ0n) is 6.13. The van der Waals surface area contributed by atoms with Crippen LogP contribution in [0.2, 0.25) is 0 Å². The van der Waals surface area contributed by atoms with Crippen molar-refractivity contribution in [3.63, 3.8) is 0 Å². The van der Waals surface area contributed by atoms with Gasteiger partial charge >= 0.3 is 0 Å². The van der Waals surface area contributed by atoms with Crippen molar-refractivity contribution in [3.05, 3.63) is 12.0 Å². The van der Waals surface area contributed by atoms with Crippen LogP contribution in [0.3, 0.4) is 0 Å². The Balaban J connectivity index is 3.59. The second kappa shape index (κ2) is 4.46.